The number of rotatable bonds is 7. The van der Waals surface area contributed by atoms with E-state index in [0.717, 1.165) is 13.1 Å². The van der Waals surface area contributed by atoms with Crippen LogP contribution in [0.1, 0.15) is 43.9 Å². The highest BCUT2D eigenvalue weighted by molar-refractivity contribution is 5.17. The van der Waals surface area contributed by atoms with Crippen molar-refractivity contribution in [2.75, 3.05) is 19.6 Å². The highest BCUT2D eigenvalue weighted by Crippen LogP contribution is 2.12. The first-order chi connectivity index (χ1) is 9.29. The number of nitrogens with one attached hydrogen (secondary N) is 1. The van der Waals surface area contributed by atoms with E-state index < -0.39 is 0 Å². The Hall–Kier alpha value is -0.930. The second-order valence-corrected chi connectivity index (χ2v) is 5.65. The molecule has 1 N–H and O–H groups in total. The SMILES string of the molecule is CCCCN(Cc1ncccc1C)CC1CCCN1. The molecule has 1 aliphatic rings. The topological polar surface area (TPSA) is 28.2 Å². The molecule has 0 aromatic carbocycles. The Morgan fingerprint density at radius 3 is 3.05 bits per heavy atom. The number of aryl methyl sites for hydroxylation is 1. The van der Waals surface area contributed by atoms with Gasteiger partial charge in [-0.25, -0.2) is 0 Å². The number of aromatic nitrogens is 1. The van der Waals surface area contributed by atoms with E-state index in [-0.39, 0.29) is 0 Å². The van der Waals surface area contributed by atoms with Gasteiger partial charge in [-0.1, -0.05) is 19.4 Å². The molecule has 106 valence electrons. The van der Waals surface area contributed by atoms with Crippen LogP contribution in [0.5, 0.6) is 0 Å². The molecule has 2 heterocycles. The average Bonchev–Trinajstić information content (AvgIpc) is 2.91. The fraction of sp³-hybridized carbons (Fsp3) is 0.688. The van der Waals surface area contributed by atoms with Crippen LogP contribution in [0.15, 0.2) is 18.3 Å². The van der Waals surface area contributed by atoms with Crippen molar-refractivity contribution in [2.24, 2.45) is 0 Å². The highest BCUT2D eigenvalue weighted by Gasteiger charge is 2.18. The second-order valence-electron chi connectivity index (χ2n) is 5.65. The van der Waals surface area contributed by atoms with Crippen LogP contribution < -0.4 is 5.32 Å². The third-order valence-corrected chi connectivity index (χ3v) is 3.96. The van der Waals surface area contributed by atoms with Crippen LogP contribution in [0.25, 0.3) is 0 Å². The van der Waals surface area contributed by atoms with Gasteiger partial charge in [0.15, 0.2) is 0 Å². The zero-order valence-electron chi connectivity index (χ0n) is 12.4. The van der Waals surface area contributed by atoms with Gasteiger partial charge in [-0.15, -0.1) is 0 Å². The molecule has 2 rings (SSSR count). The van der Waals surface area contributed by atoms with Crippen molar-refractivity contribution in [1.82, 2.24) is 15.2 Å². The van der Waals surface area contributed by atoms with E-state index in [1.54, 1.807) is 0 Å². The fourth-order valence-electron chi connectivity index (χ4n) is 2.74. The molecule has 3 heteroatoms. The zero-order valence-corrected chi connectivity index (χ0v) is 12.4. The Balaban J connectivity index is 1.94. The van der Waals surface area contributed by atoms with Crippen LogP contribution >= 0.6 is 0 Å². The summed E-state index contributed by atoms with van der Waals surface area (Å²) in [6, 6.07) is 4.86. The lowest BCUT2D eigenvalue weighted by Gasteiger charge is -2.25. The van der Waals surface area contributed by atoms with E-state index in [1.807, 2.05) is 12.3 Å². The van der Waals surface area contributed by atoms with E-state index >= 15 is 0 Å². The molecule has 1 aromatic heterocycles. The van der Waals surface area contributed by atoms with Gasteiger partial charge in [0.25, 0.3) is 0 Å². The molecule has 19 heavy (non-hydrogen) atoms. The van der Waals surface area contributed by atoms with Crippen molar-refractivity contribution in [3.05, 3.63) is 29.6 Å². The number of nitrogens with zero attached hydrogens (tertiary/aromatic N) is 2. The Labute approximate surface area is 117 Å². The van der Waals surface area contributed by atoms with Gasteiger partial charge >= 0.3 is 0 Å². The molecule has 0 spiro atoms. The predicted octanol–water partition coefficient (Wildman–Crippen LogP) is 2.74. The van der Waals surface area contributed by atoms with Crippen molar-refractivity contribution < 1.29 is 0 Å². The van der Waals surface area contributed by atoms with E-state index in [4.69, 9.17) is 0 Å². The largest absolute Gasteiger partial charge is 0.313 e. The average molecular weight is 261 g/mol. The summed E-state index contributed by atoms with van der Waals surface area (Å²) in [5.41, 5.74) is 2.54. The van der Waals surface area contributed by atoms with Gasteiger partial charge < -0.3 is 5.32 Å². The summed E-state index contributed by atoms with van der Waals surface area (Å²) in [5, 5.41) is 3.60. The van der Waals surface area contributed by atoms with Crippen LogP contribution in [0.3, 0.4) is 0 Å². The van der Waals surface area contributed by atoms with Crippen molar-refractivity contribution in [3.63, 3.8) is 0 Å². The van der Waals surface area contributed by atoms with Crippen LogP contribution in [0.2, 0.25) is 0 Å². The van der Waals surface area contributed by atoms with Gasteiger partial charge in [0, 0.05) is 25.3 Å². The summed E-state index contributed by atoms with van der Waals surface area (Å²) in [7, 11) is 0. The maximum Gasteiger partial charge on any atom is 0.0573 e. The van der Waals surface area contributed by atoms with Crippen LogP contribution in [-0.4, -0.2) is 35.6 Å². The first-order valence-corrected chi connectivity index (χ1v) is 7.66. The molecule has 1 unspecified atom stereocenters. The van der Waals surface area contributed by atoms with Gasteiger partial charge in [0.1, 0.15) is 0 Å². The minimum atomic E-state index is 0.681. The first-order valence-electron chi connectivity index (χ1n) is 7.66. The Morgan fingerprint density at radius 2 is 2.37 bits per heavy atom. The van der Waals surface area contributed by atoms with Crippen molar-refractivity contribution in [2.45, 2.75) is 52.1 Å². The van der Waals surface area contributed by atoms with E-state index in [1.165, 1.54) is 50.0 Å². The predicted molar refractivity (Wildman–Crippen MR) is 80.2 cm³/mol. The highest BCUT2D eigenvalue weighted by atomic mass is 15.2. The molecular formula is C16H27N3. The molecule has 3 nitrogen and oxygen atoms in total. The lowest BCUT2D eigenvalue weighted by atomic mass is 10.1. The number of unbranched alkanes of at least 4 members (excludes halogenated alkanes) is 1. The van der Waals surface area contributed by atoms with Crippen molar-refractivity contribution in [3.8, 4) is 0 Å². The Bertz CT molecular complexity index is 372. The third kappa shape index (κ3) is 4.59. The molecule has 1 atom stereocenters. The standard InChI is InChI=1S/C16H27N3/c1-3-4-11-19(12-15-8-6-9-17-15)13-16-14(2)7-5-10-18-16/h5,7,10,15,17H,3-4,6,8-9,11-13H2,1-2H3. The van der Waals surface area contributed by atoms with Crippen LogP contribution in [0.4, 0.5) is 0 Å². The molecule has 0 radical (unpaired) electrons. The molecule has 1 aliphatic heterocycles. The molecular weight excluding hydrogens is 234 g/mol. The summed E-state index contributed by atoms with van der Waals surface area (Å²) in [5.74, 6) is 0. The molecule has 0 amide bonds. The molecule has 0 saturated carbocycles. The van der Waals surface area contributed by atoms with Gasteiger partial charge in [-0.05, 0) is 50.9 Å². The van der Waals surface area contributed by atoms with Crippen molar-refractivity contribution in [1.29, 1.82) is 0 Å². The van der Waals surface area contributed by atoms with Gasteiger partial charge in [0.05, 0.1) is 5.69 Å². The molecule has 1 fully saturated rings. The fourth-order valence-corrected chi connectivity index (χ4v) is 2.74. The summed E-state index contributed by atoms with van der Waals surface area (Å²) in [4.78, 5) is 7.11. The number of hydrogen-bond acceptors (Lipinski definition) is 3. The van der Waals surface area contributed by atoms with Gasteiger partial charge in [-0.2, -0.15) is 0 Å². The second kappa shape index (κ2) is 7.61. The summed E-state index contributed by atoms with van der Waals surface area (Å²) >= 11 is 0. The minimum absolute atomic E-state index is 0.681. The molecule has 1 aromatic rings. The molecule has 1 saturated heterocycles. The third-order valence-electron chi connectivity index (χ3n) is 3.96. The van der Waals surface area contributed by atoms with E-state index in [9.17, 15) is 0 Å². The lowest BCUT2D eigenvalue weighted by molar-refractivity contribution is 0.234. The van der Waals surface area contributed by atoms with E-state index in [0.29, 0.717) is 6.04 Å². The monoisotopic (exact) mass is 261 g/mol. The first kappa shape index (κ1) is 14.5. The van der Waals surface area contributed by atoms with Gasteiger partial charge in [0.2, 0.25) is 0 Å². The summed E-state index contributed by atoms with van der Waals surface area (Å²) < 4.78 is 0. The smallest absolute Gasteiger partial charge is 0.0573 e. The minimum Gasteiger partial charge on any atom is -0.313 e. The molecule has 0 bridgehead atoms. The summed E-state index contributed by atoms with van der Waals surface area (Å²) in [6.07, 6.45) is 7.10. The zero-order chi connectivity index (χ0) is 13.5. The Kier molecular flexibility index (Phi) is 5.80. The van der Waals surface area contributed by atoms with Crippen LogP contribution in [-0.2, 0) is 6.54 Å². The molecule has 0 aliphatic carbocycles. The summed E-state index contributed by atoms with van der Waals surface area (Å²) in [6.45, 7) is 8.95. The van der Waals surface area contributed by atoms with E-state index in [2.05, 4.69) is 35.1 Å². The maximum atomic E-state index is 4.54. The Morgan fingerprint density at radius 1 is 1.47 bits per heavy atom. The van der Waals surface area contributed by atoms with Crippen LogP contribution in [0, 0.1) is 6.92 Å². The normalized spacial score (nSPS) is 19.2. The number of pyridine rings is 1. The lowest BCUT2D eigenvalue weighted by Crippen LogP contribution is -2.38. The van der Waals surface area contributed by atoms with Crippen molar-refractivity contribution >= 4 is 0 Å². The van der Waals surface area contributed by atoms with Gasteiger partial charge in [-0.3, -0.25) is 9.88 Å². The maximum absolute atomic E-state index is 4.54. The number of hydrogen-bond donors (Lipinski definition) is 1. The quantitative estimate of drug-likeness (QED) is 0.818.